The number of hydrogen-bond acceptors (Lipinski definition) is 3. The number of carboxylic acid groups (broad SMARTS) is 1. The molecule has 0 fully saturated rings. The lowest BCUT2D eigenvalue weighted by molar-refractivity contribution is -0.139. The molecule has 4 rings (SSSR count). The molecule has 35 heavy (non-hydrogen) atoms. The number of carbonyl (C=O) groups excluding carboxylic acids is 1. The van der Waals surface area contributed by atoms with Gasteiger partial charge in [0.25, 0.3) is 5.91 Å². The third kappa shape index (κ3) is 5.51. The molecular weight excluding hydrogens is 459 g/mol. The first kappa shape index (κ1) is 24.0. The van der Waals surface area contributed by atoms with Gasteiger partial charge in [-0.25, -0.2) is 4.98 Å². The average molecular weight is 481 g/mol. The number of amides is 1. The van der Waals surface area contributed by atoms with Crippen molar-refractivity contribution < 1.29 is 27.9 Å². The van der Waals surface area contributed by atoms with Crippen LogP contribution in [0.5, 0.6) is 0 Å². The minimum absolute atomic E-state index is 0.179. The fourth-order valence-corrected chi connectivity index (χ4v) is 3.96. The first-order chi connectivity index (χ1) is 16.6. The zero-order valence-corrected chi connectivity index (χ0v) is 18.8. The van der Waals surface area contributed by atoms with Gasteiger partial charge in [0.05, 0.1) is 16.6 Å². The number of alkyl halides is 3. The number of nitrogens with zero attached hydrogens (tertiary/aromatic N) is 3. The number of halogens is 3. The lowest BCUT2D eigenvalue weighted by atomic mass is 10.1. The van der Waals surface area contributed by atoms with Gasteiger partial charge in [-0.15, -0.1) is 0 Å². The van der Waals surface area contributed by atoms with Crippen LogP contribution in [0.1, 0.15) is 32.9 Å². The molecule has 0 aliphatic carbocycles. The van der Waals surface area contributed by atoms with Crippen LogP contribution in [-0.2, 0) is 24.1 Å². The minimum Gasteiger partial charge on any atom is -0.480 e. The summed E-state index contributed by atoms with van der Waals surface area (Å²) in [6.07, 6.45) is -4.54. The summed E-state index contributed by atoms with van der Waals surface area (Å²) >= 11 is 0. The average Bonchev–Trinajstić information content (AvgIpc) is 3.12. The fraction of sp³-hybridized carbons (Fsp3) is 0.192. The van der Waals surface area contributed by atoms with Crippen LogP contribution in [0.25, 0.3) is 11.0 Å². The van der Waals surface area contributed by atoms with Crippen molar-refractivity contribution in [1.82, 2.24) is 14.5 Å². The van der Waals surface area contributed by atoms with Crippen molar-refractivity contribution in [3.8, 4) is 0 Å². The van der Waals surface area contributed by atoms with Crippen molar-refractivity contribution in [3.63, 3.8) is 0 Å². The number of fused-ring (bicyclic) bond motifs is 1. The molecule has 0 bridgehead atoms. The normalized spacial score (nSPS) is 11.5. The topological polar surface area (TPSA) is 75.4 Å². The SMILES string of the molecule is Cc1nc2cc(C(=O)N(CC(=O)O)Cc3cccc(C(F)(F)F)c3)ccc2n1Cc1ccccc1. The van der Waals surface area contributed by atoms with E-state index in [0.717, 1.165) is 33.9 Å². The van der Waals surface area contributed by atoms with Crippen LogP contribution in [-0.4, -0.2) is 38.0 Å². The number of rotatable bonds is 7. The Balaban J connectivity index is 1.62. The lowest BCUT2D eigenvalue weighted by Crippen LogP contribution is -2.35. The molecule has 0 aliphatic heterocycles. The van der Waals surface area contributed by atoms with E-state index in [0.29, 0.717) is 12.1 Å². The smallest absolute Gasteiger partial charge is 0.416 e. The number of aryl methyl sites for hydroxylation is 1. The number of carboxylic acids is 1. The Morgan fingerprint density at radius 3 is 2.37 bits per heavy atom. The van der Waals surface area contributed by atoms with Crippen LogP contribution in [0.4, 0.5) is 13.2 Å². The predicted octanol–water partition coefficient (Wildman–Crippen LogP) is 5.14. The number of aromatic nitrogens is 2. The van der Waals surface area contributed by atoms with E-state index in [1.165, 1.54) is 12.1 Å². The number of aliphatic carboxylic acids is 1. The number of benzene rings is 3. The number of hydrogen-bond donors (Lipinski definition) is 1. The van der Waals surface area contributed by atoms with E-state index in [-0.39, 0.29) is 17.7 Å². The highest BCUT2D eigenvalue weighted by molar-refractivity contribution is 5.98. The van der Waals surface area contributed by atoms with Gasteiger partial charge in [0.2, 0.25) is 0 Å². The van der Waals surface area contributed by atoms with Gasteiger partial charge in [-0.2, -0.15) is 13.2 Å². The van der Waals surface area contributed by atoms with Gasteiger partial charge in [-0.1, -0.05) is 42.5 Å². The third-order valence-corrected chi connectivity index (χ3v) is 5.61. The van der Waals surface area contributed by atoms with E-state index in [2.05, 4.69) is 4.98 Å². The summed E-state index contributed by atoms with van der Waals surface area (Å²) in [6.45, 7) is 1.51. The Morgan fingerprint density at radius 2 is 1.69 bits per heavy atom. The summed E-state index contributed by atoms with van der Waals surface area (Å²) < 4.78 is 41.2. The largest absolute Gasteiger partial charge is 0.480 e. The summed E-state index contributed by atoms with van der Waals surface area (Å²) in [6, 6.07) is 19.2. The van der Waals surface area contributed by atoms with Crippen molar-refractivity contribution in [1.29, 1.82) is 0 Å². The molecule has 9 heteroatoms. The molecule has 3 aromatic carbocycles. The Kier molecular flexibility index (Phi) is 6.59. The first-order valence-corrected chi connectivity index (χ1v) is 10.8. The van der Waals surface area contributed by atoms with Crippen LogP contribution >= 0.6 is 0 Å². The zero-order valence-electron chi connectivity index (χ0n) is 18.8. The number of imidazole rings is 1. The van der Waals surface area contributed by atoms with Crippen LogP contribution in [0.3, 0.4) is 0 Å². The van der Waals surface area contributed by atoms with Gasteiger partial charge >= 0.3 is 12.1 Å². The molecule has 180 valence electrons. The molecule has 0 saturated heterocycles. The Hall–Kier alpha value is -4.14. The molecule has 1 amide bonds. The van der Waals surface area contributed by atoms with Gasteiger partial charge in [0, 0.05) is 18.7 Å². The Bertz CT molecular complexity index is 1380. The maximum absolute atomic E-state index is 13.2. The van der Waals surface area contributed by atoms with Crippen molar-refractivity contribution in [3.05, 3.63) is 101 Å². The highest BCUT2D eigenvalue weighted by atomic mass is 19.4. The molecule has 0 radical (unpaired) electrons. The van der Waals surface area contributed by atoms with Gasteiger partial charge < -0.3 is 14.6 Å². The van der Waals surface area contributed by atoms with Crippen LogP contribution in [0.15, 0.2) is 72.8 Å². The number of carbonyl (C=O) groups is 2. The molecule has 4 aromatic rings. The van der Waals surface area contributed by atoms with Crippen molar-refractivity contribution in [2.24, 2.45) is 0 Å². The summed E-state index contributed by atoms with van der Waals surface area (Å²) in [7, 11) is 0. The standard InChI is InChI=1S/C26H22F3N3O3/c1-17-30-22-13-20(10-11-23(22)32(17)15-18-6-3-2-4-7-18)25(35)31(16-24(33)34)14-19-8-5-9-21(12-19)26(27,28)29/h2-13H,14-16H2,1H3,(H,33,34). The molecule has 0 spiro atoms. The van der Waals surface area contributed by atoms with E-state index in [9.17, 15) is 27.9 Å². The molecule has 1 heterocycles. The summed E-state index contributed by atoms with van der Waals surface area (Å²) in [5.74, 6) is -1.13. The van der Waals surface area contributed by atoms with E-state index in [1.54, 1.807) is 18.2 Å². The maximum Gasteiger partial charge on any atom is 0.416 e. The van der Waals surface area contributed by atoms with E-state index in [1.807, 2.05) is 41.8 Å². The monoisotopic (exact) mass is 481 g/mol. The Morgan fingerprint density at radius 1 is 0.971 bits per heavy atom. The quantitative estimate of drug-likeness (QED) is 0.397. The second kappa shape index (κ2) is 9.61. The molecule has 1 N–H and O–H groups in total. The van der Waals surface area contributed by atoms with Gasteiger partial charge in [0.1, 0.15) is 12.4 Å². The summed E-state index contributed by atoms with van der Waals surface area (Å²) in [5, 5.41) is 9.30. The second-order valence-electron chi connectivity index (χ2n) is 8.19. The van der Waals surface area contributed by atoms with Gasteiger partial charge in [-0.05, 0) is 48.4 Å². The minimum atomic E-state index is -4.54. The third-order valence-electron chi connectivity index (χ3n) is 5.61. The van der Waals surface area contributed by atoms with Gasteiger partial charge in [-0.3, -0.25) is 9.59 Å². The molecule has 1 aromatic heterocycles. The Labute approximate surface area is 199 Å². The van der Waals surface area contributed by atoms with E-state index in [4.69, 9.17) is 0 Å². The highest BCUT2D eigenvalue weighted by Crippen LogP contribution is 2.30. The van der Waals surface area contributed by atoms with Crippen LogP contribution < -0.4 is 0 Å². The predicted molar refractivity (Wildman–Crippen MR) is 124 cm³/mol. The van der Waals surface area contributed by atoms with Crippen molar-refractivity contribution in [2.45, 2.75) is 26.2 Å². The molecule has 0 saturated carbocycles. The first-order valence-electron chi connectivity index (χ1n) is 10.8. The summed E-state index contributed by atoms with van der Waals surface area (Å²) in [5.41, 5.74) is 1.99. The summed E-state index contributed by atoms with van der Waals surface area (Å²) in [4.78, 5) is 30.2. The van der Waals surface area contributed by atoms with Crippen LogP contribution in [0.2, 0.25) is 0 Å². The van der Waals surface area contributed by atoms with Crippen LogP contribution in [0, 0.1) is 6.92 Å². The van der Waals surface area contributed by atoms with Crippen molar-refractivity contribution >= 4 is 22.9 Å². The van der Waals surface area contributed by atoms with Gasteiger partial charge in [0.15, 0.2) is 0 Å². The second-order valence-corrected chi connectivity index (χ2v) is 8.19. The van der Waals surface area contributed by atoms with E-state index < -0.39 is 30.2 Å². The molecule has 0 atom stereocenters. The zero-order chi connectivity index (χ0) is 25.2. The molecule has 6 nitrogen and oxygen atoms in total. The van der Waals surface area contributed by atoms with Crippen molar-refractivity contribution in [2.75, 3.05) is 6.54 Å². The molecular formula is C26H22F3N3O3. The highest BCUT2D eigenvalue weighted by Gasteiger charge is 2.30. The maximum atomic E-state index is 13.2. The molecule has 0 aliphatic rings. The fourth-order valence-electron chi connectivity index (χ4n) is 3.96. The lowest BCUT2D eigenvalue weighted by Gasteiger charge is -2.21. The molecule has 0 unspecified atom stereocenters. The van der Waals surface area contributed by atoms with E-state index >= 15 is 0 Å².